The number of methoxy groups -OCH3 is 1. The van der Waals surface area contributed by atoms with E-state index in [0.717, 1.165) is 6.07 Å². The van der Waals surface area contributed by atoms with Crippen molar-refractivity contribution in [2.24, 2.45) is 5.73 Å². The lowest BCUT2D eigenvalue weighted by atomic mass is 10.0. The first-order chi connectivity index (χ1) is 12.7. The van der Waals surface area contributed by atoms with Gasteiger partial charge in [0.15, 0.2) is 0 Å². The van der Waals surface area contributed by atoms with E-state index in [1.165, 1.54) is 25.6 Å². The molecule has 0 radical (unpaired) electrons. The smallest absolute Gasteiger partial charge is 0.418 e. The molecule has 28 heavy (non-hydrogen) atoms. The van der Waals surface area contributed by atoms with Gasteiger partial charge in [-0.25, -0.2) is 4.98 Å². The summed E-state index contributed by atoms with van der Waals surface area (Å²) in [6, 6.07) is 3.28. The number of aromatic nitrogens is 3. The summed E-state index contributed by atoms with van der Waals surface area (Å²) in [4.78, 5) is 19.7. The van der Waals surface area contributed by atoms with E-state index in [1.54, 1.807) is 23.6 Å². The van der Waals surface area contributed by atoms with Crippen LogP contribution in [0.15, 0.2) is 36.8 Å². The van der Waals surface area contributed by atoms with E-state index in [-0.39, 0.29) is 30.1 Å². The number of rotatable bonds is 4. The zero-order valence-corrected chi connectivity index (χ0v) is 15.8. The van der Waals surface area contributed by atoms with E-state index in [0.29, 0.717) is 16.9 Å². The van der Waals surface area contributed by atoms with E-state index >= 15 is 0 Å². The summed E-state index contributed by atoms with van der Waals surface area (Å²) in [5, 5.41) is 0. The Kier molecular flexibility index (Phi) is 6.30. The van der Waals surface area contributed by atoms with Crippen LogP contribution < -0.4 is 5.73 Å². The number of fused-ring (bicyclic) bond motifs is 1. The molecule has 0 unspecified atom stereocenters. The van der Waals surface area contributed by atoms with Crippen LogP contribution in [0.2, 0.25) is 0 Å². The van der Waals surface area contributed by atoms with Gasteiger partial charge in [0, 0.05) is 36.3 Å². The second kappa shape index (κ2) is 8.15. The lowest BCUT2D eigenvalue weighted by Gasteiger charge is -2.15. The minimum absolute atomic E-state index is 0. The summed E-state index contributed by atoms with van der Waals surface area (Å²) >= 11 is 0. The number of halogens is 4. The topological polar surface area (TPSA) is 82.5 Å². The Balaban J connectivity index is 0.00000280. The van der Waals surface area contributed by atoms with Gasteiger partial charge < -0.3 is 14.9 Å². The summed E-state index contributed by atoms with van der Waals surface area (Å²) in [6.45, 7) is 1.55. The maximum Gasteiger partial charge on any atom is 0.418 e. The standard InChI is InChI=1S/C18H17F3N4O2.ClH/c1-10-7-13(18(19,20)21)15(24-9-10)12-4-3-11(8-14(22)17(26)27-2)25-6-5-23-16(12)25;/h3-7,9,14H,8,22H2,1-2H3;1H/t14-;/m0./s1. The van der Waals surface area contributed by atoms with Gasteiger partial charge in [0.1, 0.15) is 11.7 Å². The van der Waals surface area contributed by atoms with E-state index in [9.17, 15) is 18.0 Å². The zero-order valence-electron chi connectivity index (χ0n) is 15.0. The van der Waals surface area contributed by atoms with Gasteiger partial charge in [-0.15, -0.1) is 12.4 Å². The number of ether oxygens (including phenoxy) is 1. The first-order valence-electron chi connectivity index (χ1n) is 8.05. The molecule has 0 aromatic carbocycles. The van der Waals surface area contributed by atoms with Crippen LogP contribution in [0, 0.1) is 6.92 Å². The van der Waals surface area contributed by atoms with Crippen LogP contribution in [0.1, 0.15) is 16.8 Å². The molecule has 0 spiro atoms. The third-order valence-electron chi connectivity index (χ3n) is 4.15. The zero-order chi connectivity index (χ0) is 19.8. The molecule has 2 N–H and O–H groups in total. The fourth-order valence-corrected chi connectivity index (χ4v) is 2.88. The molecule has 10 heteroatoms. The third kappa shape index (κ3) is 4.10. The Bertz CT molecular complexity index is 1000. The molecule has 0 saturated heterocycles. The quantitative estimate of drug-likeness (QED) is 0.663. The fraction of sp³-hybridized carbons (Fsp3) is 0.278. The summed E-state index contributed by atoms with van der Waals surface area (Å²) in [5.74, 6) is -0.577. The Labute approximate surface area is 165 Å². The van der Waals surface area contributed by atoms with E-state index in [1.807, 2.05) is 0 Å². The van der Waals surface area contributed by atoms with Crippen molar-refractivity contribution in [1.82, 2.24) is 14.4 Å². The summed E-state index contributed by atoms with van der Waals surface area (Å²) < 4.78 is 46.7. The number of nitrogens with two attached hydrogens (primary N) is 1. The molecule has 0 aliphatic rings. The second-order valence-electron chi connectivity index (χ2n) is 6.10. The lowest BCUT2D eigenvalue weighted by Crippen LogP contribution is -2.34. The monoisotopic (exact) mass is 414 g/mol. The number of esters is 1. The van der Waals surface area contributed by atoms with E-state index in [2.05, 4.69) is 14.7 Å². The molecular formula is C18H18ClF3N4O2. The van der Waals surface area contributed by atoms with Crippen LogP contribution in [-0.4, -0.2) is 33.5 Å². The number of imidazole rings is 1. The molecule has 6 nitrogen and oxygen atoms in total. The molecule has 0 bridgehead atoms. The van der Waals surface area contributed by atoms with Gasteiger partial charge in [0.05, 0.1) is 18.4 Å². The van der Waals surface area contributed by atoms with Gasteiger partial charge >= 0.3 is 12.1 Å². The van der Waals surface area contributed by atoms with Crippen molar-refractivity contribution in [2.45, 2.75) is 25.6 Å². The molecule has 0 fully saturated rings. The van der Waals surface area contributed by atoms with Gasteiger partial charge in [0.2, 0.25) is 0 Å². The number of hydrogen-bond acceptors (Lipinski definition) is 5. The van der Waals surface area contributed by atoms with Crippen molar-refractivity contribution in [3.8, 4) is 11.3 Å². The second-order valence-corrected chi connectivity index (χ2v) is 6.10. The third-order valence-corrected chi connectivity index (χ3v) is 4.15. The van der Waals surface area contributed by atoms with Crippen LogP contribution in [0.4, 0.5) is 13.2 Å². The van der Waals surface area contributed by atoms with Crippen molar-refractivity contribution in [3.63, 3.8) is 0 Å². The van der Waals surface area contributed by atoms with Crippen molar-refractivity contribution >= 4 is 24.0 Å². The molecule has 3 heterocycles. The minimum atomic E-state index is -4.55. The molecule has 1 atom stereocenters. The van der Waals surface area contributed by atoms with Crippen LogP contribution in [0.25, 0.3) is 16.9 Å². The Hall–Kier alpha value is -2.65. The first-order valence-corrected chi connectivity index (χ1v) is 8.05. The number of carbonyl (C=O) groups is 1. The van der Waals surface area contributed by atoms with Crippen LogP contribution in [0.3, 0.4) is 0 Å². The minimum Gasteiger partial charge on any atom is -0.468 e. The van der Waals surface area contributed by atoms with Crippen molar-refractivity contribution in [1.29, 1.82) is 0 Å². The van der Waals surface area contributed by atoms with Crippen molar-refractivity contribution < 1.29 is 22.7 Å². The molecule has 3 aromatic heterocycles. The molecule has 0 amide bonds. The molecule has 3 aromatic rings. The average Bonchev–Trinajstić information content (AvgIpc) is 3.11. The number of nitrogens with zero attached hydrogens (tertiary/aromatic N) is 3. The molecule has 0 aliphatic carbocycles. The SMILES string of the molecule is COC(=O)[C@@H](N)Cc1ccc(-c2ncc(C)cc2C(F)(F)F)c2nccn12.Cl. The number of alkyl halides is 3. The number of hydrogen-bond donors (Lipinski definition) is 1. The molecule has 150 valence electrons. The normalized spacial score (nSPS) is 12.5. The highest BCUT2D eigenvalue weighted by Gasteiger charge is 2.35. The number of pyridine rings is 2. The van der Waals surface area contributed by atoms with Crippen molar-refractivity contribution in [2.75, 3.05) is 7.11 Å². The Morgan fingerprint density at radius 2 is 2.04 bits per heavy atom. The van der Waals surface area contributed by atoms with E-state index < -0.39 is 23.8 Å². The Morgan fingerprint density at radius 1 is 1.32 bits per heavy atom. The van der Waals surface area contributed by atoms with Crippen LogP contribution in [0.5, 0.6) is 0 Å². The van der Waals surface area contributed by atoms with Crippen LogP contribution in [-0.2, 0) is 22.1 Å². The van der Waals surface area contributed by atoms with Gasteiger partial charge in [-0.3, -0.25) is 9.78 Å². The van der Waals surface area contributed by atoms with Gasteiger partial charge in [-0.1, -0.05) is 0 Å². The highest BCUT2D eigenvalue weighted by Crippen LogP contribution is 2.37. The van der Waals surface area contributed by atoms with E-state index in [4.69, 9.17) is 5.73 Å². The van der Waals surface area contributed by atoms with Gasteiger partial charge in [0.25, 0.3) is 0 Å². The summed E-state index contributed by atoms with van der Waals surface area (Å²) in [6.07, 6.45) is 0.0370. The molecule has 3 rings (SSSR count). The summed E-state index contributed by atoms with van der Waals surface area (Å²) in [7, 11) is 1.24. The highest BCUT2D eigenvalue weighted by molar-refractivity contribution is 5.85. The molecule has 0 aliphatic heterocycles. The highest BCUT2D eigenvalue weighted by atomic mass is 35.5. The average molecular weight is 415 g/mol. The molecular weight excluding hydrogens is 397 g/mol. The van der Waals surface area contributed by atoms with Crippen molar-refractivity contribution in [3.05, 3.63) is 53.6 Å². The maximum atomic E-state index is 13.5. The fourth-order valence-electron chi connectivity index (χ4n) is 2.88. The lowest BCUT2D eigenvalue weighted by molar-refractivity contribution is -0.142. The number of carbonyl (C=O) groups excluding carboxylic acids is 1. The van der Waals surface area contributed by atoms with Gasteiger partial charge in [-0.05, 0) is 30.7 Å². The largest absolute Gasteiger partial charge is 0.468 e. The van der Waals surface area contributed by atoms with Crippen LogP contribution >= 0.6 is 12.4 Å². The predicted molar refractivity (Wildman–Crippen MR) is 99.1 cm³/mol. The summed E-state index contributed by atoms with van der Waals surface area (Å²) in [5.41, 5.74) is 6.33. The Morgan fingerprint density at radius 3 is 2.68 bits per heavy atom. The first kappa shape index (κ1) is 21.6. The molecule has 0 saturated carbocycles. The maximum absolute atomic E-state index is 13.5. The predicted octanol–water partition coefficient (Wildman–Crippen LogP) is 3.19. The number of aryl methyl sites for hydroxylation is 1. The van der Waals surface area contributed by atoms with Gasteiger partial charge in [-0.2, -0.15) is 13.2 Å².